The molecule has 26 heavy (non-hydrogen) atoms. The van der Waals surface area contributed by atoms with E-state index in [1.807, 2.05) is 6.92 Å². The Balaban J connectivity index is 1.66. The normalized spacial score (nSPS) is 17.8. The Morgan fingerprint density at radius 1 is 1.35 bits per heavy atom. The maximum atomic E-state index is 13.1. The van der Waals surface area contributed by atoms with Crippen LogP contribution >= 0.6 is 0 Å². The highest BCUT2D eigenvalue weighted by Gasteiger charge is 2.18. The Morgan fingerprint density at radius 3 is 2.81 bits per heavy atom. The molecule has 2 atom stereocenters. The number of nitrogens with zero attached hydrogens (tertiary/aromatic N) is 2. The molecule has 0 saturated carbocycles. The van der Waals surface area contributed by atoms with Crippen LogP contribution in [0.2, 0.25) is 0 Å². The fourth-order valence-corrected chi connectivity index (χ4v) is 2.98. The number of aromatic nitrogens is 2. The number of nitrogens with one attached hydrogen (secondary N) is 1. The lowest BCUT2D eigenvalue weighted by Gasteiger charge is -2.16. The van der Waals surface area contributed by atoms with Crippen LogP contribution < -0.4 is 10.9 Å². The molecule has 1 fully saturated rings. The van der Waals surface area contributed by atoms with Gasteiger partial charge < -0.3 is 10.1 Å². The van der Waals surface area contributed by atoms with E-state index in [1.54, 1.807) is 0 Å². The first-order valence-corrected chi connectivity index (χ1v) is 8.82. The molecule has 6 nitrogen and oxygen atoms in total. The lowest BCUT2D eigenvalue weighted by Crippen LogP contribution is -2.35. The minimum Gasteiger partial charge on any atom is -0.378 e. The van der Waals surface area contributed by atoms with E-state index < -0.39 is 5.82 Å². The zero-order chi connectivity index (χ0) is 18.5. The molecule has 0 spiro atoms. The lowest BCUT2D eigenvalue weighted by molar-refractivity contribution is 0.0894. The smallest absolute Gasteiger partial charge is 0.271 e. The molecule has 7 heteroatoms. The predicted molar refractivity (Wildman–Crippen MR) is 94.9 cm³/mol. The highest BCUT2D eigenvalue weighted by molar-refractivity contribution is 5.92. The minimum absolute atomic E-state index is 0.0281. The van der Waals surface area contributed by atoms with Crippen LogP contribution in [-0.4, -0.2) is 34.4 Å². The van der Waals surface area contributed by atoms with Gasteiger partial charge in [-0.1, -0.05) is 0 Å². The van der Waals surface area contributed by atoms with Crippen molar-refractivity contribution in [3.63, 3.8) is 0 Å². The van der Waals surface area contributed by atoms with Crippen molar-refractivity contribution in [3.8, 4) is 5.69 Å². The summed E-state index contributed by atoms with van der Waals surface area (Å²) in [6, 6.07) is 8.00. The average molecular weight is 359 g/mol. The Hall–Kier alpha value is -2.54. The number of rotatable bonds is 6. The van der Waals surface area contributed by atoms with Crippen LogP contribution in [0.1, 0.15) is 43.1 Å². The number of benzene rings is 1. The second-order valence-corrected chi connectivity index (χ2v) is 6.53. The molecule has 1 aliphatic rings. The number of carbonyl (C=O) groups is 1. The van der Waals surface area contributed by atoms with Crippen LogP contribution in [0.25, 0.3) is 5.69 Å². The van der Waals surface area contributed by atoms with Gasteiger partial charge in [0.2, 0.25) is 0 Å². The number of hydrogen-bond acceptors (Lipinski definition) is 4. The molecule has 1 saturated heterocycles. The van der Waals surface area contributed by atoms with Crippen molar-refractivity contribution in [2.45, 2.75) is 44.8 Å². The van der Waals surface area contributed by atoms with Gasteiger partial charge in [0.1, 0.15) is 11.5 Å². The summed E-state index contributed by atoms with van der Waals surface area (Å²) >= 11 is 0. The van der Waals surface area contributed by atoms with Gasteiger partial charge in [0.05, 0.1) is 11.8 Å². The van der Waals surface area contributed by atoms with E-state index in [0.29, 0.717) is 5.69 Å². The molecule has 1 N–H and O–H groups in total. The van der Waals surface area contributed by atoms with E-state index in [2.05, 4.69) is 10.4 Å². The maximum Gasteiger partial charge on any atom is 0.271 e. The van der Waals surface area contributed by atoms with Crippen molar-refractivity contribution >= 4 is 5.91 Å². The number of ether oxygens (including phenoxy) is 1. The zero-order valence-electron chi connectivity index (χ0n) is 14.7. The number of amides is 1. The van der Waals surface area contributed by atoms with Crippen molar-refractivity contribution in [2.24, 2.45) is 0 Å². The van der Waals surface area contributed by atoms with E-state index >= 15 is 0 Å². The number of hydrogen-bond donors (Lipinski definition) is 1. The van der Waals surface area contributed by atoms with Crippen LogP contribution in [-0.2, 0) is 4.74 Å². The van der Waals surface area contributed by atoms with Gasteiger partial charge >= 0.3 is 0 Å². The summed E-state index contributed by atoms with van der Waals surface area (Å²) in [6.07, 6.45) is 4.18. The van der Waals surface area contributed by atoms with E-state index in [9.17, 15) is 14.0 Å². The van der Waals surface area contributed by atoms with Gasteiger partial charge in [0.25, 0.3) is 11.5 Å². The largest absolute Gasteiger partial charge is 0.378 e. The third-order valence-electron chi connectivity index (χ3n) is 4.43. The summed E-state index contributed by atoms with van der Waals surface area (Å²) in [7, 11) is 0. The first-order chi connectivity index (χ1) is 12.5. The van der Waals surface area contributed by atoms with E-state index in [1.165, 1.54) is 36.4 Å². The second-order valence-electron chi connectivity index (χ2n) is 6.53. The third kappa shape index (κ3) is 4.54. The van der Waals surface area contributed by atoms with Crippen LogP contribution in [0.3, 0.4) is 0 Å². The molecular weight excluding hydrogens is 337 g/mol. The Bertz CT molecular complexity index is 814. The van der Waals surface area contributed by atoms with Crippen molar-refractivity contribution in [2.75, 3.05) is 6.61 Å². The molecule has 138 valence electrons. The SMILES string of the molecule is CC(CCC1CCCO1)NC(=O)c1ccc(=O)n(-c2ccc(F)cc2)n1. The van der Waals surface area contributed by atoms with Gasteiger partial charge in [-0.2, -0.15) is 9.78 Å². The maximum absolute atomic E-state index is 13.1. The van der Waals surface area contributed by atoms with Crippen molar-refractivity contribution in [3.05, 3.63) is 58.3 Å². The molecule has 0 radical (unpaired) electrons. The van der Waals surface area contributed by atoms with Gasteiger partial charge in [-0.25, -0.2) is 4.39 Å². The topological polar surface area (TPSA) is 73.2 Å². The van der Waals surface area contributed by atoms with Crippen LogP contribution in [0, 0.1) is 5.82 Å². The average Bonchev–Trinajstić information content (AvgIpc) is 3.15. The van der Waals surface area contributed by atoms with Gasteiger partial charge in [0.15, 0.2) is 0 Å². The predicted octanol–water partition coefficient (Wildman–Crippen LogP) is 2.45. The number of halogens is 1. The molecule has 0 bridgehead atoms. The lowest BCUT2D eigenvalue weighted by atomic mass is 10.1. The molecule has 1 aliphatic heterocycles. The van der Waals surface area contributed by atoms with E-state index in [-0.39, 0.29) is 29.3 Å². The summed E-state index contributed by atoms with van der Waals surface area (Å²) in [4.78, 5) is 24.4. The molecule has 3 rings (SSSR count). The summed E-state index contributed by atoms with van der Waals surface area (Å²) in [5, 5.41) is 7.00. The Kier molecular flexibility index (Phi) is 5.78. The molecule has 2 aromatic rings. The van der Waals surface area contributed by atoms with Crippen LogP contribution in [0.5, 0.6) is 0 Å². The van der Waals surface area contributed by atoms with Crippen LogP contribution in [0.15, 0.2) is 41.2 Å². The second kappa shape index (κ2) is 8.23. The van der Waals surface area contributed by atoms with Gasteiger partial charge in [-0.3, -0.25) is 9.59 Å². The number of carbonyl (C=O) groups excluding carboxylic acids is 1. The quantitative estimate of drug-likeness (QED) is 0.860. The van der Waals surface area contributed by atoms with Crippen LogP contribution in [0.4, 0.5) is 4.39 Å². The zero-order valence-corrected chi connectivity index (χ0v) is 14.7. The van der Waals surface area contributed by atoms with E-state index in [0.717, 1.165) is 37.0 Å². The molecule has 0 aliphatic carbocycles. The molecule has 1 aromatic carbocycles. The summed E-state index contributed by atoms with van der Waals surface area (Å²) < 4.78 is 19.7. The fraction of sp³-hybridized carbons (Fsp3) is 0.421. The molecular formula is C19H22FN3O3. The third-order valence-corrected chi connectivity index (χ3v) is 4.43. The van der Waals surface area contributed by atoms with Gasteiger partial charge in [0, 0.05) is 18.7 Å². The summed E-state index contributed by atoms with van der Waals surface area (Å²) in [5.41, 5.74) is 0.148. The van der Waals surface area contributed by atoms with Crippen molar-refractivity contribution in [1.82, 2.24) is 15.1 Å². The molecule has 2 heterocycles. The van der Waals surface area contributed by atoms with E-state index in [4.69, 9.17) is 4.74 Å². The minimum atomic E-state index is -0.407. The fourth-order valence-electron chi connectivity index (χ4n) is 2.98. The van der Waals surface area contributed by atoms with Crippen molar-refractivity contribution < 1.29 is 13.9 Å². The monoisotopic (exact) mass is 359 g/mol. The Labute approximate surface area is 151 Å². The summed E-state index contributed by atoms with van der Waals surface area (Å²) in [6.45, 7) is 2.75. The van der Waals surface area contributed by atoms with Gasteiger partial charge in [-0.15, -0.1) is 0 Å². The first-order valence-electron chi connectivity index (χ1n) is 8.82. The highest BCUT2D eigenvalue weighted by Crippen LogP contribution is 2.17. The van der Waals surface area contributed by atoms with Gasteiger partial charge in [-0.05, 0) is 62.9 Å². The van der Waals surface area contributed by atoms with Crippen molar-refractivity contribution in [1.29, 1.82) is 0 Å². The highest BCUT2D eigenvalue weighted by atomic mass is 19.1. The molecule has 1 amide bonds. The molecule has 1 aromatic heterocycles. The Morgan fingerprint density at radius 2 is 2.12 bits per heavy atom. The first kappa shape index (κ1) is 18.3. The standard InChI is InChI=1S/C19H22FN3O3/c1-13(4-9-16-3-2-12-26-16)21-19(25)17-10-11-18(24)23(22-17)15-7-5-14(20)6-8-15/h5-8,10-11,13,16H,2-4,9,12H2,1H3,(H,21,25). The summed E-state index contributed by atoms with van der Waals surface area (Å²) in [5.74, 6) is -0.753. The molecule has 2 unspecified atom stereocenters.